The van der Waals surface area contributed by atoms with E-state index in [0.29, 0.717) is 0 Å². The molecular weight excluding hydrogens is 303 g/mol. The summed E-state index contributed by atoms with van der Waals surface area (Å²) in [4.78, 5) is 2.72. The maximum absolute atomic E-state index is 13.6. The molecule has 0 bridgehead atoms. The van der Waals surface area contributed by atoms with Crippen molar-refractivity contribution in [3.8, 4) is 6.07 Å². The van der Waals surface area contributed by atoms with E-state index in [1.165, 1.54) is 27.3 Å². The van der Waals surface area contributed by atoms with E-state index in [-0.39, 0.29) is 11.5 Å². The van der Waals surface area contributed by atoms with Gasteiger partial charge >= 0.3 is 0 Å². The van der Waals surface area contributed by atoms with Crippen molar-refractivity contribution in [2.45, 2.75) is 18.8 Å². The van der Waals surface area contributed by atoms with Crippen molar-refractivity contribution >= 4 is 23.5 Å². The number of hydrogen-bond donors (Lipinski definition) is 1. The number of thioether (sulfide) groups is 2. The van der Waals surface area contributed by atoms with Crippen LogP contribution >= 0.6 is 23.5 Å². The van der Waals surface area contributed by atoms with Gasteiger partial charge in [0.15, 0.2) is 0 Å². The summed E-state index contributed by atoms with van der Waals surface area (Å²) in [5.41, 5.74) is 3.84. The van der Waals surface area contributed by atoms with Crippen molar-refractivity contribution in [1.82, 2.24) is 5.32 Å². The van der Waals surface area contributed by atoms with E-state index in [9.17, 15) is 4.39 Å². The number of benzene rings is 1. The van der Waals surface area contributed by atoms with Gasteiger partial charge in [-0.2, -0.15) is 5.26 Å². The molecule has 0 aliphatic carbocycles. The van der Waals surface area contributed by atoms with Crippen LogP contribution in [0.25, 0.3) is 0 Å². The zero-order chi connectivity index (χ0) is 14.4. The molecule has 5 heteroatoms. The Morgan fingerprint density at radius 3 is 2.43 bits per heavy atom. The summed E-state index contributed by atoms with van der Waals surface area (Å²) >= 11 is 3.78. The Hall–Kier alpha value is -1.38. The molecule has 1 N–H and O–H groups in total. The molecule has 1 aromatic rings. The molecule has 0 unspecified atom stereocenters. The zero-order valence-electron chi connectivity index (χ0n) is 11.3. The molecule has 0 spiro atoms. The van der Waals surface area contributed by atoms with E-state index in [4.69, 9.17) is 5.26 Å². The van der Waals surface area contributed by atoms with Crippen molar-refractivity contribution in [3.05, 3.63) is 56.3 Å². The number of hydrogen-bond acceptors (Lipinski definition) is 4. The Labute approximate surface area is 131 Å². The minimum Gasteiger partial charge on any atom is -0.361 e. The fourth-order valence-corrected chi connectivity index (χ4v) is 5.74. The summed E-state index contributed by atoms with van der Waals surface area (Å²) in [6.45, 7) is 0. The van der Waals surface area contributed by atoms with Gasteiger partial charge in [0.2, 0.25) is 0 Å². The number of nitriles is 1. The number of nitrogens with zero attached hydrogens (tertiary/aromatic N) is 1. The average molecular weight is 316 g/mol. The third-order valence-electron chi connectivity index (χ3n) is 4.08. The molecule has 3 aliphatic rings. The highest BCUT2D eigenvalue weighted by atomic mass is 32.2. The van der Waals surface area contributed by atoms with Crippen molar-refractivity contribution in [3.63, 3.8) is 0 Å². The van der Waals surface area contributed by atoms with Crippen LogP contribution in [0.5, 0.6) is 0 Å². The third-order valence-corrected chi connectivity index (χ3v) is 6.49. The highest BCUT2D eigenvalue weighted by molar-refractivity contribution is 8.04. The predicted octanol–water partition coefficient (Wildman–Crippen LogP) is 4.08. The molecule has 3 heterocycles. The summed E-state index contributed by atoms with van der Waals surface area (Å²) in [5, 5.41) is 12.7. The minimum atomic E-state index is -0.434. The zero-order valence-corrected chi connectivity index (χ0v) is 12.9. The molecular formula is C16H13FN2S2. The van der Waals surface area contributed by atoms with Crippen molar-refractivity contribution < 1.29 is 4.39 Å². The Bertz CT molecular complexity index is 700. The van der Waals surface area contributed by atoms with Crippen LogP contribution < -0.4 is 5.32 Å². The number of nitrogens with one attached hydrogen (secondary N) is 1. The lowest BCUT2D eigenvalue weighted by molar-refractivity contribution is 0.622. The molecule has 0 saturated carbocycles. The molecule has 0 amide bonds. The summed E-state index contributed by atoms with van der Waals surface area (Å²) < 4.78 is 13.6. The largest absolute Gasteiger partial charge is 0.361 e. The first-order chi connectivity index (χ1) is 10.3. The Kier molecular flexibility index (Phi) is 3.24. The first kappa shape index (κ1) is 13.3. The monoisotopic (exact) mass is 316 g/mol. The van der Waals surface area contributed by atoms with Gasteiger partial charge < -0.3 is 5.32 Å². The van der Waals surface area contributed by atoms with Crippen LogP contribution in [0.3, 0.4) is 0 Å². The van der Waals surface area contributed by atoms with Gasteiger partial charge in [0, 0.05) is 38.6 Å². The average Bonchev–Trinajstić information content (AvgIpc) is 3.13. The van der Waals surface area contributed by atoms with E-state index >= 15 is 0 Å². The molecule has 0 radical (unpaired) electrons. The molecule has 21 heavy (non-hydrogen) atoms. The third kappa shape index (κ3) is 2.09. The minimum absolute atomic E-state index is 0.140. The lowest BCUT2D eigenvalue weighted by Gasteiger charge is -2.28. The second-order valence-electron chi connectivity index (χ2n) is 5.29. The van der Waals surface area contributed by atoms with Crippen LogP contribution in [-0.4, -0.2) is 11.5 Å². The van der Waals surface area contributed by atoms with Gasteiger partial charge in [0.25, 0.3) is 0 Å². The van der Waals surface area contributed by atoms with Gasteiger partial charge in [-0.05, 0) is 30.5 Å². The number of allylic oxidation sites excluding steroid dienone is 4. The number of halogens is 1. The van der Waals surface area contributed by atoms with Gasteiger partial charge in [0.05, 0.1) is 5.56 Å². The number of rotatable bonds is 1. The van der Waals surface area contributed by atoms with Gasteiger partial charge in [-0.15, -0.1) is 23.5 Å². The molecule has 4 rings (SSSR count). The Morgan fingerprint density at radius 1 is 1.14 bits per heavy atom. The molecule has 0 fully saturated rings. The van der Waals surface area contributed by atoms with Crippen LogP contribution in [-0.2, 0) is 0 Å². The SMILES string of the molecule is N#Cc1cc(C2C3=C(CCS3)NC3=C2SCC3)ccc1F. The molecule has 2 nitrogen and oxygen atoms in total. The fraction of sp³-hybridized carbons (Fsp3) is 0.312. The molecule has 106 valence electrons. The fourth-order valence-electron chi connectivity index (χ4n) is 3.12. The van der Waals surface area contributed by atoms with Crippen LogP contribution in [0.4, 0.5) is 4.39 Å². The maximum atomic E-state index is 13.6. The van der Waals surface area contributed by atoms with Crippen LogP contribution in [0.15, 0.2) is 39.4 Å². The van der Waals surface area contributed by atoms with Gasteiger partial charge in [0.1, 0.15) is 11.9 Å². The van der Waals surface area contributed by atoms with Gasteiger partial charge in [-0.3, -0.25) is 0 Å². The highest BCUT2D eigenvalue weighted by Gasteiger charge is 2.36. The topological polar surface area (TPSA) is 35.8 Å². The van der Waals surface area contributed by atoms with E-state index < -0.39 is 5.82 Å². The van der Waals surface area contributed by atoms with E-state index in [0.717, 1.165) is 29.9 Å². The second kappa shape index (κ2) is 5.11. The maximum Gasteiger partial charge on any atom is 0.140 e. The first-order valence-electron chi connectivity index (χ1n) is 6.96. The smallest absolute Gasteiger partial charge is 0.140 e. The van der Waals surface area contributed by atoms with E-state index in [1.807, 2.05) is 35.7 Å². The lowest BCUT2D eigenvalue weighted by Crippen LogP contribution is -2.21. The molecule has 1 aromatic carbocycles. The summed E-state index contributed by atoms with van der Waals surface area (Å²) in [7, 11) is 0. The molecule has 0 atom stereocenters. The van der Waals surface area contributed by atoms with Crippen LogP contribution in [0.2, 0.25) is 0 Å². The normalized spacial score (nSPS) is 21.1. The predicted molar refractivity (Wildman–Crippen MR) is 85.2 cm³/mol. The Balaban J connectivity index is 1.84. The second-order valence-corrected chi connectivity index (χ2v) is 7.57. The summed E-state index contributed by atoms with van der Waals surface area (Å²) in [6.07, 6.45) is 2.15. The first-order valence-corrected chi connectivity index (χ1v) is 8.93. The Morgan fingerprint density at radius 2 is 1.81 bits per heavy atom. The molecule has 0 aromatic heterocycles. The van der Waals surface area contributed by atoms with Crippen LogP contribution in [0, 0.1) is 17.1 Å². The van der Waals surface area contributed by atoms with Crippen molar-refractivity contribution in [1.29, 1.82) is 5.26 Å². The molecule has 3 aliphatic heterocycles. The highest BCUT2D eigenvalue weighted by Crippen LogP contribution is 2.53. The summed E-state index contributed by atoms with van der Waals surface area (Å²) in [6, 6.07) is 6.94. The van der Waals surface area contributed by atoms with E-state index in [2.05, 4.69) is 5.32 Å². The molecule has 0 saturated heterocycles. The van der Waals surface area contributed by atoms with Crippen LogP contribution in [0.1, 0.15) is 29.9 Å². The van der Waals surface area contributed by atoms with E-state index in [1.54, 1.807) is 6.07 Å². The van der Waals surface area contributed by atoms with Crippen molar-refractivity contribution in [2.75, 3.05) is 11.5 Å². The summed E-state index contributed by atoms with van der Waals surface area (Å²) in [5.74, 6) is 1.97. The number of dihydropyridines is 1. The lowest BCUT2D eigenvalue weighted by atomic mass is 9.91. The van der Waals surface area contributed by atoms with Gasteiger partial charge in [-0.25, -0.2) is 4.39 Å². The standard InChI is InChI=1S/C16H13FN2S2/c17-11-2-1-9(7-10(11)8-18)14-15-12(3-5-20-15)19-13-4-6-21-16(13)14/h1-2,7,14,19H,3-6H2. The van der Waals surface area contributed by atoms with Gasteiger partial charge in [-0.1, -0.05) is 6.07 Å². The quantitative estimate of drug-likeness (QED) is 0.847. The van der Waals surface area contributed by atoms with Crippen molar-refractivity contribution in [2.24, 2.45) is 0 Å².